The molecule has 39 heavy (non-hydrogen) atoms. The minimum atomic E-state index is -2.60. The van der Waals surface area contributed by atoms with Gasteiger partial charge in [-0.3, -0.25) is 9.48 Å². The summed E-state index contributed by atoms with van der Waals surface area (Å²) in [6.45, 7) is 6.98. The molecule has 6 nitrogen and oxygen atoms in total. The number of alkyl halides is 2. The van der Waals surface area contributed by atoms with Gasteiger partial charge in [-0.1, -0.05) is 31.2 Å². The summed E-state index contributed by atoms with van der Waals surface area (Å²) >= 11 is 0. The fraction of sp³-hybridized carbons (Fsp3) is 0.484. The predicted octanol–water partition coefficient (Wildman–Crippen LogP) is 6.39. The maximum absolute atomic E-state index is 14.5. The second-order valence-corrected chi connectivity index (χ2v) is 10.9. The lowest BCUT2D eigenvalue weighted by Gasteiger charge is -2.33. The lowest BCUT2D eigenvalue weighted by molar-refractivity contribution is -0.129. The molecule has 1 fully saturated rings. The topological polar surface area (TPSA) is 50.6 Å². The maximum Gasteiger partial charge on any atom is 0.264 e. The lowest BCUT2D eigenvalue weighted by Crippen LogP contribution is -2.36. The zero-order valence-electron chi connectivity index (χ0n) is 22.8. The van der Waals surface area contributed by atoms with Gasteiger partial charge in [0.25, 0.3) is 6.43 Å². The molecular weight excluding hydrogens is 498 g/mol. The Balaban J connectivity index is 1.45. The van der Waals surface area contributed by atoms with Crippen LogP contribution in [0.2, 0.25) is 0 Å². The highest BCUT2D eigenvalue weighted by atomic mass is 19.3. The second kappa shape index (κ2) is 10.7. The van der Waals surface area contributed by atoms with E-state index in [9.17, 15) is 13.6 Å². The highest BCUT2D eigenvalue weighted by Gasteiger charge is 2.34. The van der Waals surface area contributed by atoms with Crippen molar-refractivity contribution in [3.8, 4) is 11.1 Å². The van der Waals surface area contributed by atoms with Crippen LogP contribution < -0.4 is 4.90 Å². The Morgan fingerprint density at radius 3 is 2.56 bits per heavy atom. The minimum absolute atomic E-state index is 0.0446. The molecule has 0 spiro atoms. The van der Waals surface area contributed by atoms with Crippen LogP contribution in [-0.4, -0.2) is 46.9 Å². The first-order chi connectivity index (χ1) is 18.9. The van der Waals surface area contributed by atoms with Gasteiger partial charge in [0.15, 0.2) is 5.82 Å². The van der Waals surface area contributed by atoms with Crippen LogP contribution in [0.1, 0.15) is 73.5 Å². The largest absolute Gasteiger partial charge is 0.381 e. The summed E-state index contributed by atoms with van der Waals surface area (Å²) in [6.07, 6.45) is 2.60. The highest BCUT2D eigenvalue weighted by Crippen LogP contribution is 2.43. The normalized spacial score (nSPS) is 17.9. The van der Waals surface area contributed by atoms with Crippen LogP contribution >= 0.6 is 0 Å². The Morgan fingerprint density at radius 2 is 1.87 bits per heavy atom. The molecule has 0 unspecified atom stereocenters. The van der Waals surface area contributed by atoms with Crippen molar-refractivity contribution >= 4 is 17.4 Å². The summed E-state index contributed by atoms with van der Waals surface area (Å²) in [6, 6.07) is 11.9. The number of hydrogen-bond donors (Lipinski definition) is 0. The van der Waals surface area contributed by atoms with Crippen LogP contribution in [0.5, 0.6) is 0 Å². The average molecular weight is 535 g/mol. The Kier molecular flexibility index (Phi) is 7.14. The van der Waals surface area contributed by atoms with Crippen molar-refractivity contribution in [2.45, 2.75) is 71.4 Å². The van der Waals surface area contributed by atoms with Gasteiger partial charge in [0.2, 0.25) is 5.91 Å². The van der Waals surface area contributed by atoms with E-state index in [4.69, 9.17) is 9.84 Å². The first kappa shape index (κ1) is 26.0. The van der Waals surface area contributed by atoms with Crippen molar-refractivity contribution in [3.05, 3.63) is 64.3 Å². The molecule has 0 bridgehead atoms. The van der Waals surface area contributed by atoms with E-state index in [0.717, 1.165) is 66.7 Å². The van der Waals surface area contributed by atoms with Gasteiger partial charge >= 0.3 is 0 Å². The first-order valence-electron chi connectivity index (χ1n) is 14.2. The Bertz CT molecular complexity index is 1360. The number of ether oxygens (including phenoxy) is 1. The van der Waals surface area contributed by atoms with E-state index in [1.54, 1.807) is 13.0 Å². The molecule has 1 aromatic heterocycles. The van der Waals surface area contributed by atoms with Crippen LogP contribution in [0, 0.1) is 0 Å². The van der Waals surface area contributed by atoms with Crippen molar-refractivity contribution in [2.75, 3.05) is 31.2 Å². The third kappa shape index (κ3) is 4.84. The number of benzene rings is 2. The van der Waals surface area contributed by atoms with E-state index in [-0.39, 0.29) is 17.5 Å². The van der Waals surface area contributed by atoms with Gasteiger partial charge < -0.3 is 14.5 Å². The summed E-state index contributed by atoms with van der Waals surface area (Å²) in [4.78, 5) is 16.3. The molecule has 6 rings (SSSR count). The van der Waals surface area contributed by atoms with E-state index in [0.29, 0.717) is 38.4 Å². The molecule has 3 aliphatic rings. The Hall–Kier alpha value is -3.26. The molecular formula is C31H36F2N4O2. The molecule has 4 heterocycles. The molecule has 3 aromatic rings. The fourth-order valence-corrected chi connectivity index (χ4v) is 6.37. The molecule has 0 aliphatic carbocycles. The van der Waals surface area contributed by atoms with Crippen molar-refractivity contribution in [1.29, 1.82) is 0 Å². The average Bonchev–Trinajstić information content (AvgIpc) is 3.35. The van der Waals surface area contributed by atoms with E-state index >= 15 is 0 Å². The number of amides is 1. The van der Waals surface area contributed by atoms with Gasteiger partial charge in [-0.25, -0.2) is 8.78 Å². The van der Waals surface area contributed by atoms with Gasteiger partial charge in [-0.2, -0.15) is 5.10 Å². The molecule has 206 valence electrons. The standard InChI is InChI=1S/C31H36F2N4O2/c1-3-21-6-8-22(9-7-21)25-17-23-5-4-13-36(29(23)18-26(25)30(32)33)31-27-19-35(20(2)38)14-10-28(27)37(34-31)24-11-15-39-16-12-24/h6-9,17-18,24,30H,3-5,10-16,19H2,1-2H3. The second-order valence-electron chi connectivity index (χ2n) is 10.9. The molecule has 2 aromatic carbocycles. The van der Waals surface area contributed by atoms with Crippen LogP contribution in [0.4, 0.5) is 20.3 Å². The number of carbonyl (C=O) groups excluding carboxylic acids is 1. The van der Waals surface area contributed by atoms with Crippen LogP contribution in [0.3, 0.4) is 0 Å². The molecule has 0 saturated carbocycles. The number of anilines is 2. The third-order valence-electron chi connectivity index (χ3n) is 8.58. The summed E-state index contributed by atoms with van der Waals surface area (Å²) in [7, 11) is 0. The Morgan fingerprint density at radius 1 is 1.10 bits per heavy atom. The third-order valence-corrected chi connectivity index (χ3v) is 8.58. The monoisotopic (exact) mass is 534 g/mol. The molecule has 1 amide bonds. The van der Waals surface area contributed by atoms with E-state index in [1.807, 2.05) is 35.2 Å². The smallest absolute Gasteiger partial charge is 0.264 e. The number of aromatic nitrogens is 2. The minimum Gasteiger partial charge on any atom is -0.381 e. The number of fused-ring (bicyclic) bond motifs is 2. The maximum atomic E-state index is 14.5. The van der Waals surface area contributed by atoms with Gasteiger partial charge in [-0.05, 0) is 66.5 Å². The number of rotatable bonds is 5. The quantitative estimate of drug-likeness (QED) is 0.381. The number of aryl methyl sites for hydroxylation is 2. The number of halogens is 2. The molecule has 8 heteroatoms. The summed E-state index contributed by atoms with van der Waals surface area (Å²) in [5, 5.41) is 5.17. The lowest BCUT2D eigenvalue weighted by atomic mass is 9.91. The van der Waals surface area contributed by atoms with E-state index in [2.05, 4.69) is 16.5 Å². The van der Waals surface area contributed by atoms with Gasteiger partial charge in [-0.15, -0.1) is 0 Å². The van der Waals surface area contributed by atoms with Crippen molar-refractivity contribution in [2.24, 2.45) is 0 Å². The fourth-order valence-electron chi connectivity index (χ4n) is 6.37. The Labute approximate surface area is 228 Å². The molecule has 0 atom stereocenters. The van der Waals surface area contributed by atoms with Crippen molar-refractivity contribution < 1.29 is 18.3 Å². The van der Waals surface area contributed by atoms with Crippen LogP contribution in [0.25, 0.3) is 11.1 Å². The number of carbonyl (C=O) groups is 1. The summed E-state index contributed by atoms with van der Waals surface area (Å²) < 4.78 is 36.8. The molecule has 0 N–H and O–H groups in total. The summed E-state index contributed by atoms with van der Waals surface area (Å²) in [5.74, 6) is 0.854. The number of hydrogen-bond acceptors (Lipinski definition) is 4. The number of nitrogens with zero attached hydrogens (tertiary/aromatic N) is 4. The molecule has 3 aliphatic heterocycles. The molecule has 1 saturated heterocycles. The van der Waals surface area contributed by atoms with Gasteiger partial charge in [0, 0.05) is 62.2 Å². The van der Waals surface area contributed by atoms with Crippen molar-refractivity contribution in [1.82, 2.24) is 14.7 Å². The van der Waals surface area contributed by atoms with Crippen LogP contribution in [0.15, 0.2) is 36.4 Å². The van der Waals surface area contributed by atoms with E-state index < -0.39 is 6.43 Å². The highest BCUT2D eigenvalue weighted by molar-refractivity contribution is 5.78. The van der Waals surface area contributed by atoms with Gasteiger partial charge in [0.05, 0.1) is 12.6 Å². The summed E-state index contributed by atoms with van der Waals surface area (Å²) in [5.41, 5.74) is 6.75. The SMILES string of the molecule is CCc1ccc(-c2cc3c(cc2C(F)F)N(c2nn(C4CCOCC4)c4c2CN(C(C)=O)CC4)CCC3)cc1. The predicted molar refractivity (Wildman–Crippen MR) is 148 cm³/mol. The zero-order chi connectivity index (χ0) is 27.1. The molecule has 0 radical (unpaired) electrons. The van der Waals surface area contributed by atoms with Crippen molar-refractivity contribution in [3.63, 3.8) is 0 Å². The van der Waals surface area contributed by atoms with Gasteiger partial charge in [0.1, 0.15) is 0 Å². The van der Waals surface area contributed by atoms with Crippen LogP contribution in [-0.2, 0) is 35.3 Å². The zero-order valence-corrected chi connectivity index (χ0v) is 22.8. The van der Waals surface area contributed by atoms with E-state index in [1.165, 1.54) is 11.3 Å². The first-order valence-corrected chi connectivity index (χ1v) is 14.2.